The topological polar surface area (TPSA) is 66.5 Å². The number of nitrogens with one attached hydrogen (secondary N) is 1. The highest BCUT2D eigenvalue weighted by atomic mass is 32.2. The van der Waals surface area contributed by atoms with Crippen molar-refractivity contribution in [3.05, 3.63) is 96.1 Å². The predicted octanol–water partition coefficient (Wildman–Crippen LogP) is 4.58. The lowest BCUT2D eigenvalue weighted by Crippen LogP contribution is -2.39. The first kappa shape index (κ1) is 23.5. The second kappa shape index (κ2) is 9.97. The van der Waals surface area contributed by atoms with E-state index in [1.165, 1.54) is 24.3 Å². The van der Waals surface area contributed by atoms with E-state index < -0.39 is 34.2 Å². The minimum absolute atomic E-state index is 0.0251. The van der Waals surface area contributed by atoms with Gasteiger partial charge in [0.25, 0.3) is 0 Å². The Morgan fingerprint density at radius 1 is 0.875 bits per heavy atom. The van der Waals surface area contributed by atoms with Gasteiger partial charge in [0, 0.05) is 12.2 Å². The molecule has 0 saturated heterocycles. The number of alkyl halides is 3. The van der Waals surface area contributed by atoms with Crippen molar-refractivity contribution in [1.82, 2.24) is 4.31 Å². The van der Waals surface area contributed by atoms with Crippen LogP contribution in [0.1, 0.15) is 11.1 Å². The van der Waals surface area contributed by atoms with Gasteiger partial charge in [0.1, 0.15) is 0 Å². The first-order chi connectivity index (χ1) is 15.2. The smallest absolute Gasteiger partial charge is 0.325 e. The van der Waals surface area contributed by atoms with Crippen LogP contribution in [0.3, 0.4) is 0 Å². The van der Waals surface area contributed by atoms with Crippen LogP contribution in [0.4, 0.5) is 18.9 Å². The summed E-state index contributed by atoms with van der Waals surface area (Å²) >= 11 is 0. The fraction of sp³-hybridized carbons (Fsp3) is 0.174. The Morgan fingerprint density at radius 2 is 1.50 bits per heavy atom. The number of hydrogen-bond donors (Lipinski definition) is 1. The van der Waals surface area contributed by atoms with E-state index in [1.54, 1.807) is 18.2 Å². The predicted molar refractivity (Wildman–Crippen MR) is 115 cm³/mol. The molecule has 9 heteroatoms. The number of amides is 1. The van der Waals surface area contributed by atoms with Crippen LogP contribution in [0.2, 0.25) is 0 Å². The highest BCUT2D eigenvalue weighted by Crippen LogP contribution is 2.30. The average Bonchev–Trinajstić information content (AvgIpc) is 2.77. The molecule has 32 heavy (non-hydrogen) atoms. The normalized spacial score (nSPS) is 12.0. The van der Waals surface area contributed by atoms with Crippen LogP contribution in [0.5, 0.6) is 0 Å². The van der Waals surface area contributed by atoms with Gasteiger partial charge in [-0.3, -0.25) is 4.79 Å². The van der Waals surface area contributed by atoms with E-state index >= 15 is 0 Å². The zero-order valence-electron chi connectivity index (χ0n) is 16.9. The standard InChI is InChI=1S/C23H21F3N2O3S/c24-23(25,26)19-10-7-11-20(16-19)27-22(29)17-28(15-14-18-8-3-1-4-9-18)32(30,31)21-12-5-2-6-13-21/h1-13,16H,14-15,17H2,(H,27,29). The van der Waals surface area contributed by atoms with Crippen LogP contribution in [0.15, 0.2) is 89.8 Å². The van der Waals surface area contributed by atoms with Crippen LogP contribution in [-0.4, -0.2) is 31.7 Å². The number of carbonyl (C=O) groups excluding carboxylic acids is 1. The molecular formula is C23H21F3N2O3S. The molecule has 0 bridgehead atoms. The van der Waals surface area contributed by atoms with Gasteiger partial charge < -0.3 is 5.32 Å². The van der Waals surface area contributed by atoms with Crippen LogP contribution in [0, 0.1) is 0 Å². The number of rotatable bonds is 8. The summed E-state index contributed by atoms with van der Waals surface area (Å²) in [5.41, 5.74) is -0.0860. The minimum Gasteiger partial charge on any atom is -0.325 e. The van der Waals surface area contributed by atoms with E-state index in [2.05, 4.69) is 5.32 Å². The van der Waals surface area contributed by atoms with E-state index in [-0.39, 0.29) is 17.1 Å². The zero-order valence-corrected chi connectivity index (χ0v) is 17.7. The molecule has 168 valence electrons. The quantitative estimate of drug-likeness (QED) is 0.533. The number of benzene rings is 3. The van der Waals surface area contributed by atoms with Crippen molar-refractivity contribution in [3.63, 3.8) is 0 Å². The molecule has 0 aromatic heterocycles. The molecule has 5 nitrogen and oxygen atoms in total. The SMILES string of the molecule is O=C(CN(CCc1ccccc1)S(=O)(=O)c1ccccc1)Nc1cccc(C(F)(F)F)c1. The van der Waals surface area contributed by atoms with Crippen LogP contribution < -0.4 is 5.32 Å². The Hall–Kier alpha value is -3.17. The third kappa shape index (κ3) is 6.18. The maximum Gasteiger partial charge on any atom is 0.416 e. The average molecular weight is 462 g/mol. The lowest BCUT2D eigenvalue weighted by molar-refractivity contribution is -0.137. The maximum atomic E-state index is 13.1. The van der Waals surface area contributed by atoms with Crippen LogP contribution in [0.25, 0.3) is 0 Å². The molecule has 3 rings (SSSR count). The lowest BCUT2D eigenvalue weighted by atomic mass is 10.1. The fourth-order valence-electron chi connectivity index (χ4n) is 3.06. The molecule has 0 radical (unpaired) electrons. The number of sulfonamides is 1. The Labute approximate surface area is 184 Å². The number of halogens is 3. The van der Waals surface area contributed by atoms with Gasteiger partial charge in [-0.2, -0.15) is 17.5 Å². The van der Waals surface area contributed by atoms with Gasteiger partial charge in [-0.15, -0.1) is 0 Å². The molecule has 3 aromatic carbocycles. The van der Waals surface area contributed by atoms with Gasteiger partial charge in [-0.05, 0) is 42.3 Å². The molecule has 1 amide bonds. The molecule has 1 N–H and O–H groups in total. The fourth-order valence-corrected chi connectivity index (χ4v) is 4.48. The van der Waals surface area contributed by atoms with Gasteiger partial charge in [0.05, 0.1) is 17.0 Å². The Bertz CT molecular complexity index is 1150. The van der Waals surface area contributed by atoms with Crippen LogP contribution in [-0.2, 0) is 27.4 Å². The van der Waals surface area contributed by atoms with Crippen molar-refractivity contribution < 1.29 is 26.4 Å². The van der Waals surface area contributed by atoms with Crippen molar-refractivity contribution in [2.75, 3.05) is 18.4 Å². The third-order valence-corrected chi connectivity index (χ3v) is 6.53. The van der Waals surface area contributed by atoms with Gasteiger partial charge in [-0.1, -0.05) is 54.6 Å². The first-order valence-electron chi connectivity index (χ1n) is 9.72. The summed E-state index contributed by atoms with van der Waals surface area (Å²) in [6.45, 7) is -0.516. The number of hydrogen-bond acceptors (Lipinski definition) is 3. The summed E-state index contributed by atoms with van der Waals surface area (Å²) < 4.78 is 66.0. The molecule has 0 heterocycles. The Kier molecular flexibility index (Phi) is 7.32. The van der Waals surface area contributed by atoms with Crippen molar-refractivity contribution in [2.24, 2.45) is 0 Å². The van der Waals surface area contributed by atoms with Gasteiger partial charge in [0.15, 0.2) is 0 Å². The van der Waals surface area contributed by atoms with Crippen molar-refractivity contribution in [3.8, 4) is 0 Å². The molecular weight excluding hydrogens is 441 g/mol. The summed E-state index contributed by atoms with van der Waals surface area (Å²) in [6.07, 6.45) is -4.19. The lowest BCUT2D eigenvalue weighted by Gasteiger charge is -2.22. The monoisotopic (exact) mass is 462 g/mol. The summed E-state index contributed by atoms with van der Waals surface area (Å²) in [5.74, 6) is -0.739. The van der Waals surface area contributed by atoms with E-state index in [9.17, 15) is 26.4 Å². The van der Waals surface area contributed by atoms with E-state index in [1.807, 2.05) is 30.3 Å². The molecule has 0 spiro atoms. The highest BCUT2D eigenvalue weighted by Gasteiger charge is 2.31. The molecule has 0 atom stereocenters. The summed E-state index contributed by atoms with van der Waals surface area (Å²) in [4.78, 5) is 12.6. The van der Waals surface area contributed by atoms with Gasteiger partial charge in [-0.25, -0.2) is 8.42 Å². The number of carbonyl (C=O) groups is 1. The summed E-state index contributed by atoms with van der Waals surface area (Å²) in [5, 5.41) is 2.36. The molecule has 0 saturated carbocycles. The second-order valence-corrected chi connectivity index (χ2v) is 8.95. The van der Waals surface area contributed by atoms with Gasteiger partial charge in [0.2, 0.25) is 15.9 Å². The Balaban J connectivity index is 1.79. The highest BCUT2D eigenvalue weighted by molar-refractivity contribution is 7.89. The van der Waals surface area contributed by atoms with E-state index in [0.717, 1.165) is 22.0 Å². The third-order valence-electron chi connectivity index (χ3n) is 4.67. The second-order valence-electron chi connectivity index (χ2n) is 7.01. The zero-order chi connectivity index (χ0) is 23.2. The van der Waals surface area contributed by atoms with Gasteiger partial charge >= 0.3 is 6.18 Å². The molecule has 0 fully saturated rings. The first-order valence-corrected chi connectivity index (χ1v) is 11.2. The van der Waals surface area contributed by atoms with Crippen molar-refractivity contribution >= 4 is 21.6 Å². The minimum atomic E-state index is -4.56. The Morgan fingerprint density at radius 3 is 2.12 bits per heavy atom. The largest absolute Gasteiger partial charge is 0.416 e. The molecule has 3 aromatic rings. The van der Waals surface area contributed by atoms with E-state index in [4.69, 9.17) is 0 Å². The van der Waals surface area contributed by atoms with Crippen LogP contribution >= 0.6 is 0 Å². The maximum absolute atomic E-state index is 13.1. The number of anilines is 1. The van der Waals surface area contributed by atoms with Crippen molar-refractivity contribution in [2.45, 2.75) is 17.5 Å². The molecule has 0 aliphatic rings. The molecule has 0 aliphatic carbocycles. The van der Waals surface area contributed by atoms with Crippen molar-refractivity contribution in [1.29, 1.82) is 0 Å². The molecule has 0 unspecified atom stereocenters. The summed E-state index contributed by atoms with van der Waals surface area (Å²) in [6, 6.07) is 21.0. The number of nitrogens with zero attached hydrogens (tertiary/aromatic N) is 1. The molecule has 0 aliphatic heterocycles. The summed E-state index contributed by atoms with van der Waals surface area (Å²) in [7, 11) is -4.00. The van der Waals surface area contributed by atoms with E-state index in [0.29, 0.717) is 6.42 Å².